The number of allylic oxidation sites excluding steroid dienone is 3. The number of fused-ring (bicyclic) bond motifs is 5. The summed E-state index contributed by atoms with van der Waals surface area (Å²) in [6.07, 6.45) is 5.46. The number of aliphatic hydroxyl groups excluding tert-OH is 1. The van der Waals surface area contributed by atoms with Crippen LogP contribution in [0.5, 0.6) is 0 Å². The molecule has 5 atom stereocenters. The van der Waals surface area contributed by atoms with E-state index in [9.17, 15) is 15.0 Å². The molecule has 1 saturated heterocycles. The van der Waals surface area contributed by atoms with Crippen molar-refractivity contribution < 1.29 is 19.7 Å². The van der Waals surface area contributed by atoms with Crippen molar-refractivity contribution in [2.45, 2.75) is 89.6 Å². The van der Waals surface area contributed by atoms with Crippen LogP contribution in [0.25, 0.3) is 0 Å². The van der Waals surface area contributed by atoms with Crippen LogP contribution >= 0.6 is 0 Å². The highest BCUT2D eigenvalue weighted by Crippen LogP contribution is 2.47. The van der Waals surface area contributed by atoms with E-state index in [2.05, 4.69) is 13.0 Å². The predicted molar refractivity (Wildman–Crippen MR) is 92.6 cm³/mol. The van der Waals surface area contributed by atoms with Gasteiger partial charge in [-0.3, -0.25) is 4.79 Å². The fraction of sp³-hybridized carbons (Fsp3) is 0.750. The summed E-state index contributed by atoms with van der Waals surface area (Å²) in [5.74, 6) is -0.506. The van der Waals surface area contributed by atoms with Crippen molar-refractivity contribution in [3.63, 3.8) is 0 Å². The molecule has 24 heavy (non-hydrogen) atoms. The Kier molecular flexibility index (Phi) is 4.52. The molecule has 2 N–H and O–H groups in total. The van der Waals surface area contributed by atoms with Crippen LogP contribution < -0.4 is 0 Å². The van der Waals surface area contributed by atoms with E-state index in [1.807, 2.05) is 20.8 Å². The monoisotopic (exact) mass is 334 g/mol. The van der Waals surface area contributed by atoms with E-state index in [0.717, 1.165) is 30.4 Å². The van der Waals surface area contributed by atoms with Crippen molar-refractivity contribution in [1.29, 1.82) is 0 Å². The van der Waals surface area contributed by atoms with Crippen LogP contribution in [0.15, 0.2) is 22.8 Å². The smallest absolute Gasteiger partial charge is 0.167 e. The van der Waals surface area contributed by atoms with Gasteiger partial charge < -0.3 is 14.9 Å². The summed E-state index contributed by atoms with van der Waals surface area (Å²) in [7, 11) is 0. The van der Waals surface area contributed by atoms with Gasteiger partial charge in [-0.05, 0) is 77.4 Å². The number of carbonyl (C=O) groups excluding carboxylic acids is 1. The maximum atomic E-state index is 13.0. The van der Waals surface area contributed by atoms with Crippen LogP contribution in [0.1, 0.15) is 66.2 Å². The molecule has 3 rings (SSSR count). The topological polar surface area (TPSA) is 66.8 Å². The van der Waals surface area contributed by atoms with Gasteiger partial charge >= 0.3 is 0 Å². The zero-order chi connectivity index (χ0) is 17.7. The van der Waals surface area contributed by atoms with Crippen LogP contribution in [0.2, 0.25) is 0 Å². The largest absolute Gasteiger partial charge is 0.388 e. The van der Waals surface area contributed by atoms with Gasteiger partial charge in [-0.15, -0.1) is 0 Å². The van der Waals surface area contributed by atoms with Crippen molar-refractivity contribution in [3.8, 4) is 0 Å². The molecule has 0 radical (unpaired) electrons. The first-order valence-electron chi connectivity index (χ1n) is 9.13. The molecule has 0 aromatic heterocycles. The van der Waals surface area contributed by atoms with E-state index in [0.29, 0.717) is 19.3 Å². The van der Waals surface area contributed by atoms with Crippen LogP contribution in [0.4, 0.5) is 0 Å². The van der Waals surface area contributed by atoms with Gasteiger partial charge in [0.1, 0.15) is 0 Å². The summed E-state index contributed by atoms with van der Waals surface area (Å²) in [6.45, 7) is 7.69. The van der Waals surface area contributed by atoms with E-state index in [-0.39, 0.29) is 11.9 Å². The van der Waals surface area contributed by atoms with Crippen LogP contribution in [0, 0.1) is 5.92 Å². The zero-order valence-electron chi connectivity index (χ0n) is 15.3. The number of carbonyl (C=O) groups is 1. The SMILES string of the molecule is CC1=CCCC(C)(O)C2CCC(C)(O2)C2C(=O)C(=C(C)C2O)CC1. The Morgan fingerprint density at radius 2 is 1.92 bits per heavy atom. The molecule has 5 unspecified atom stereocenters. The maximum Gasteiger partial charge on any atom is 0.167 e. The number of Topliss-reactive ketones (excluding diaryl/α,β-unsaturated/α-hetero) is 1. The lowest BCUT2D eigenvalue weighted by Gasteiger charge is -2.36. The minimum atomic E-state index is -0.916. The van der Waals surface area contributed by atoms with Crippen LogP contribution in [-0.4, -0.2) is 39.4 Å². The van der Waals surface area contributed by atoms with Crippen LogP contribution in [-0.2, 0) is 9.53 Å². The first-order chi connectivity index (χ1) is 11.2. The van der Waals surface area contributed by atoms with Gasteiger partial charge in [0.15, 0.2) is 5.78 Å². The number of ether oxygens (including phenoxy) is 1. The lowest BCUT2D eigenvalue weighted by Crippen LogP contribution is -2.47. The molecule has 1 aliphatic carbocycles. The van der Waals surface area contributed by atoms with E-state index in [4.69, 9.17) is 4.74 Å². The molecular weight excluding hydrogens is 304 g/mol. The Bertz CT molecular complexity index is 601. The third kappa shape index (κ3) is 2.89. The highest BCUT2D eigenvalue weighted by molar-refractivity contribution is 6.02. The molecule has 2 aliphatic heterocycles. The molecule has 0 spiro atoms. The van der Waals surface area contributed by atoms with Crippen molar-refractivity contribution in [3.05, 3.63) is 22.8 Å². The zero-order valence-corrected chi connectivity index (χ0v) is 15.3. The second-order valence-electron chi connectivity index (χ2n) is 8.35. The molecule has 4 nitrogen and oxygen atoms in total. The second-order valence-corrected chi connectivity index (χ2v) is 8.35. The van der Waals surface area contributed by atoms with E-state index < -0.39 is 23.2 Å². The normalized spacial score (nSPS) is 44.0. The Labute approximate surface area is 144 Å². The molecule has 3 aliphatic rings. The highest BCUT2D eigenvalue weighted by Gasteiger charge is 2.55. The Morgan fingerprint density at radius 3 is 2.62 bits per heavy atom. The predicted octanol–water partition coefficient (Wildman–Crippen LogP) is 3.07. The van der Waals surface area contributed by atoms with E-state index in [1.165, 1.54) is 5.57 Å². The van der Waals surface area contributed by atoms with E-state index in [1.54, 1.807) is 0 Å². The first-order valence-corrected chi connectivity index (χ1v) is 9.13. The molecular formula is C20H30O4. The Hall–Kier alpha value is -0.970. The third-order valence-corrected chi connectivity index (χ3v) is 6.39. The number of hydrogen-bond donors (Lipinski definition) is 2. The van der Waals surface area contributed by atoms with Crippen molar-refractivity contribution >= 4 is 5.78 Å². The Balaban J connectivity index is 1.98. The van der Waals surface area contributed by atoms with Gasteiger partial charge in [0.25, 0.3) is 0 Å². The summed E-state index contributed by atoms with van der Waals surface area (Å²) >= 11 is 0. The van der Waals surface area contributed by atoms with Crippen molar-refractivity contribution in [2.75, 3.05) is 0 Å². The average Bonchev–Trinajstić information content (AvgIpc) is 2.98. The number of aliphatic hydroxyl groups is 2. The molecule has 0 aromatic carbocycles. The van der Waals surface area contributed by atoms with Gasteiger partial charge in [0.05, 0.1) is 29.3 Å². The highest BCUT2D eigenvalue weighted by atomic mass is 16.5. The van der Waals surface area contributed by atoms with Gasteiger partial charge in [0.2, 0.25) is 0 Å². The molecule has 4 heteroatoms. The minimum Gasteiger partial charge on any atom is -0.388 e. The summed E-state index contributed by atoms with van der Waals surface area (Å²) in [4.78, 5) is 13.0. The minimum absolute atomic E-state index is 0.0369. The summed E-state index contributed by atoms with van der Waals surface area (Å²) in [5, 5.41) is 21.6. The maximum absolute atomic E-state index is 13.0. The third-order valence-electron chi connectivity index (χ3n) is 6.39. The molecule has 0 aromatic rings. The summed E-state index contributed by atoms with van der Waals surface area (Å²) < 4.78 is 6.25. The van der Waals surface area contributed by atoms with Crippen molar-refractivity contribution in [2.24, 2.45) is 5.92 Å². The average molecular weight is 334 g/mol. The molecule has 1 fully saturated rings. The molecule has 4 bridgehead atoms. The lowest BCUT2D eigenvalue weighted by molar-refractivity contribution is -0.160. The second kappa shape index (κ2) is 6.08. The number of hydrogen-bond acceptors (Lipinski definition) is 4. The number of rotatable bonds is 0. The van der Waals surface area contributed by atoms with E-state index >= 15 is 0 Å². The van der Waals surface area contributed by atoms with Crippen molar-refractivity contribution in [1.82, 2.24) is 0 Å². The number of ketones is 1. The van der Waals surface area contributed by atoms with Gasteiger partial charge in [-0.1, -0.05) is 11.6 Å². The standard InChI is InChI=1S/C20H30O4/c1-12-6-5-10-19(3,23)15-9-11-20(4,24-15)16-17(21)13(2)14(8-7-12)18(16)22/h6,15-17,21,23H,5,7-11H2,1-4H3. The molecule has 0 amide bonds. The lowest BCUT2D eigenvalue weighted by atomic mass is 9.81. The van der Waals surface area contributed by atoms with Gasteiger partial charge in [-0.2, -0.15) is 0 Å². The Morgan fingerprint density at radius 1 is 1.21 bits per heavy atom. The van der Waals surface area contributed by atoms with Gasteiger partial charge in [0, 0.05) is 0 Å². The van der Waals surface area contributed by atoms with Crippen LogP contribution in [0.3, 0.4) is 0 Å². The fourth-order valence-corrected chi connectivity index (χ4v) is 4.61. The molecule has 2 heterocycles. The summed E-state index contributed by atoms with van der Waals surface area (Å²) in [6, 6.07) is 0. The van der Waals surface area contributed by atoms with Gasteiger partial charge in [-0.25, -0.2) is 0 Å². The first kappa shape index (κ1) is 17.8. The fourth-order valence-electron chi connectivity index (χ4n) is 4.61. The quantitative estimate of drug-likeness (QED) is 0.668. The summed E-state index contributed by atoms with van der Waals surface area (Å²) in [5.41, 5.74) is 1.19. The molecule has 0 saturated carbocycles. The molecule has 134 valence electrons.